The number of rotatable bonds is 5. The molecule has 24 heavy (non-hydrogen) atoms. The van der Waals surface area contributed by atoms with E-state index < -0.39 is 5.91 Å². The topological polar surface area (TPSA) is 79.5 Å². The molecule has 7 heteroatoms. The highest BCUT2D eigenvalue weighted by molar-refractivity contribution is 9.10. The van der Waals surface area contributed by atoms with E-state index in [1.165, 1.54) is 0 Å². The second-order valence-corrected chi connectivity index (χ2v) is 5.89. The van der Waals surface area contributed by atoms with Crippen molar-refractivity contribution in [1.29, 1.82) is 0 Å². The van der Waals surface area contributed by atoms with Crippen molar-refractivity contribution in [3.8, 4) is 5.75 Å². The van der Waals surface area contributed by atoms with E-state index >= 15 is 0 Å². The van der Waals surface area contributed by atoms with Crippen molar-refractivity contribution >= 4 is 33.4 Å². The predicted octanol–water partition coefficient (Wildman–Crippen LogP) is 2.64. The van der Waals surface area contributed by atoms with Gasteiger partial charge in [-0.05, 0) is 52.7 Å². The first kappa shape index (κ1) is 17.8. The van der Waals surface area contributed by atoms with Gasteiger partial charge in [-0.25, -0.2) is 0 Å². The van der Waals surface area contributed by atoms with Gasteiger partial charge in [0.2, 0.25) is 0 Å². The summed E-state index contributed by atoms with van der Waals surface area (Å²) >= 11 is 3.29. The molecule has 0 aliphatic rings. The summed E-state index contributed by atoms with van der Waals surface area (Å²) in [5.41, 5.74) is 6.94. The van der Waals surface area contributed by atoms with Crippen molar-refractivity contribution in [1.82, 2.24) is 10.9 Å². The molecule has 0 saturated carbocycles. The van der Waals surface area contributed by atoms with Crippen molar-refractivity contribution in [2.75, 3.05) is 19.0 Å². The van der Waals surface area contributed by atoms with Crippen LogP contribution in [0.15, 0.2) is 46.9 Å². The van der Waals surface area contributed by atoms with Crippen LogP contribution in [-0.2, 0) is 4.79 Å². The maximum Gasteiger partial charge on any atom is 0.270 e. The lowest BCUT2D eigenvalue weighted by Gasteiger charge is -2.12. The van der Waals surface area contributed by atoms with Crippen molar-refractivity contribution < 1.29 is 14.3 Å². The molecule has 0 bridgehead atoms. The zero-order valence-corrected chi connectivity index (χ0v) is 14.9. The van der Waals surface area contributed by atoms with Crippen LogP contribution in [0.4, 0.5) is 5.69 Å². The first-order valence-electron chi connectivity index (χ1n) is 7.23. The minimum atomic E-state index is -0.399. The van der Waals surface area contributed by atoms with Crippen molar-refractivity contribution in [2.24, 2.45) is 0 Å². The fraction of sp³-hybridized carbons (Fsp3) is 0.176. The minimum Gasteiger partial charge on any atom is -0.495 e. The zero-order valence-electron chi connectivity index (χ0n) is 13.4. The summed E-state index contributed by atoms with van der Waals surface area (Å²) in [6.45, 7) is 1.94. The van der Waals surface area contributed by atoms with Crippen LogP contribution in [-0.4, -0.2) is 25.5 Å². The third-order valence-electron chi connectivity index (χ3n) is 3.23. The molecular formula is C17H18BrN3O3. The molecule has 0 radical (unpaired) electrons. The number of halogens is 1. The fourth-order valence-corrected chi connectivity index (χ4v) is 2.48. The average Bonchev–Trinajstić information content (AvgIpc) is 2.58. The SMILES string of the molecule is COc1ccc(C)cc1NCC(=O)NNC(=O)c1ccccc1Br. The molecule has 0 atom stereocenters. The summed E-state index contributed by atoms with van der Waals surface area (Å²) in [6, 6.07) is 12.6. The van der Waals surface area contributed by atoms with Crippen LogP contribution in [0, 0.1) is 6.92 Å². The lowest BCUT2D eigenvalue weighted by Crippen LogP contribution is -2.44. The van der Waals surface area contributed by atoms with Gasteiger partial charge < -0.3 is 10.1 Å². The van der Waals surface area contributed by atoms with Gasteiger partial charge in [0.05, 0.1) is 24.9 Å². The van der Waals surface area contributed by atoms with Crippen LogP contribution in [0.1, 0.15) is 15.9 Å². The highest BCUT2D eigenvalue weighted by Crippen LogP contribution is 2.24. The number of carbonyl (C=O) groups is 2. The third kappa shape index (κ3) is 4.73. The average molecular weight is 392 g/mol. The first-order chi connectivity index (χ1) is 11.5. The van der Waals surface area contributed by atoms with Crippen molar-refractivity contribution in [3.05, 3.63) is 58.1 Å². The molecule has 0 fully saturated rings. The number of methoxy groups -OCH3 is 1. The van der Waals surface area contributed by atoms with Gasteiger partial charge in [-0.1, -0.05) is 18.2 Å². The molecule has 2 aromatic rings. The molecule has 2 rings (SSSR count). The summed E-state index contributed by atoms with van der Waals surface area (Å²) in [5.74, 6) is -0.131. The summed E-state index contributed by atoms with van der Waals surface area (Å²) < 4.78 is 5.88. The van der Waals surface area contributed by atoms with Gasteiger partial charge in [-0.15, -0.1) is 0 Å². The van der Waals surface area contributed by atoms with Crippen molar-refractivity contribution in [3.63, 3.8) is 0 Å². The Morgan fingerprint density at radius 3 is 2.58 bits per heavy atom. The Morgan fingerprint density at radius 2 is 1.88 bits per heavy atom. The summed E-state index contributed by atoms with van der Waals surface area (Å²) in [5, 5.41) is 2.98. The molecule has 126 valence electrons. The molecule has 2 aromatic carbocycles. The quantitative estimate of drug-likeness (QED) is 0.684. The van der Waals surface area contributed by atoms with Gasteiger partial charge in [-0.2, -0.15) is 0 Å². The maximum atomic E-state index is 12.0. The Balaban J connectivity index is 1.87. The number of anilines is 1. The van der Waals surface area contributed by atoms with E-state index in [9.17, 15) is 9.59 Å². The van der Waals surface area contributed by atoms with Gasteiger partial charge in [0, 0.05) is 4.47 Å². The van der Waals surface area contributed by atoms with E-state index in [0.717, 1.165) is 5.56 Å². The first-order valence-corrected chi connectivity index (χ1v) is 8.03. The van der Waals surface area contributed by atoms with Crippen LogP contribution in [0.2, 0.25) is 0 Å². The van der Waals surface area contributed by atoms with Crippen LogP contribution in [0.5, 0.6) is 5.75 Å². The van der Waals surface area contributed by atoms with Gasteiger partial charge in [-0.3, -0.25) is 20.4 Å². The zero-order chi connectivity index (χ0) is 17.5. The smallest absolute Gasteiger partial charge is 0.270 e. The maximum absolute atomic E-state index is 12.0. The second-order valence-electron chi connectivity index (χ2n) is 5.04. The Labute approximate surface area is 148 Å². The van der Waals surface area contributed by atoms with Gasteiger partial charge in [0.15, 0.2) is 0 Å². The monoisotopic (exact) mass is 391 g/mol. The summed E-state index contributed by atoms with van der Waals surface area (Å²) in [6.07, 6.45) is 0. The molecule has 0 heterocycles. The highest BCUT2D eigenvalue weighted by Gasteiger charge is 2.11. The van der Waals surface area contributed by atoms with Crippen LogP contribution in [0.25, 0.3) is 0 Å². The van der Waals surface area contributed by atoms with E-state index in [-0.39, 0.29) is 12.5 Å². The normalized spacial score (nSPS) is 9.96. The predicted molar refractivity (Wildman–Crippen MR) is 96.0 cm³/mol. The molecule has 2 amide bonds. The lowest BCUT2D eigenvalue weighted by molar-refractivity contribution is -0.120. The Kier molecular flexibility index (Phi) is 6.20. The number of carbonyl (C=O) groups excluding carboxylic acids is 2. The number of amides is 2. The molecule has 0 saturated heterocycles. The number of aryl methyl sites for hydroxylation is 1. The van der Waals surface area contributed by atoms with Gasteiger partial charge >= 0.3 is 0 Å². The summed E-state index contributed by atoms with van der Waals surface area (Å²) in [7, 11) is 1.56. The second kappa shape index (κ2) is 8.35. The number of ether oxygens (including phenoxy) is 1. The van der Waals surface area contributed by atoms with E-state index in [2.05, 4.69) is 32.1 Å². The van der Waals surface area contributed by atoms with Gasteiger partial charge in [0.25, 0.3) is 11.8 Å². The number of nitrogens with one attached hydrogen (secondary N) is 3. The number of hydrogen-bond donors (Lipinski definition) is 3. The lowest BCUT2D eigenvalue weighted by atomic mass is 10.2. The number of hydrazine groups is 1. The standard InChI is InChI=1S/C17H18BrN3O3/c1-11-7-8-15(24-2)14(9-11)19-10-16(22)20-21-17(23)12-5-3-4-6-13(12)18/h3-9,19H,10H2,1-2H3,(H,20,22)(H,21,23). The van der Waals surface area contributed by atoms with E-state index in [4.69, 9.17) is 4.74 Å². The molecule has 0 unspecified atom stereocenters. The van der Waals surface area contributed by atoms with E-state index in [1.54, 1.807) is 31.4 Å². The molecule has 0 aliphatic carbocycles. The largest absolute Gasteiger partial charge is 0.495 e. The van der Waals surface area contributed by atoms with Gasteiger partial charge in [0.1, 0.15) is 5.75 Å². The number of hydrogen-bond acceptors (Lipinski definition) is 4. The molecule has 0 spiro atoms. The Bertz CT molecular complexity index is 750. The van der Waals surface area contributed by atoms with Crippen LogP contribution >= 0.6 is 15.9 Å². The number of benzene rings is 2. The summed E-state index contributed by atoms with van der Waals surface area (Å²) in [4.78, 5) is 23.9. The van der Waals surface area contributed by atoms with E-state index in [1.807, 2.05) is 25.1 Å². The highest BCUT2D eigenvalue weighted by atomic mass is 79.9. The van der Waals surface area contributed by atoms with Crippen LogP contribution in [0.3, 0.4) is 0 Å². The molecular weight excluding hydrogens is 374 g/mol. The van der Waals surface area contributed by atoms with Crippen LogP contribution < -0.4 is 20.9 Å². The fourth-order valence-electron chi connectivity index (χ4n) is 2.02. The Morgan fingerprint density at radius 1 is 1.12 bits per heavy atom. The molecule has 0 aliphatic heterocycles. The molecule has 3 N–H and O–H groups in total. The van der Waals surface area contributed by atoms with Crippen molar-refractivity contribution in [2.45, 2.75) is 6.92 Å². The Hall–Kier alpha value is -2.54. The van der Waals surface area contributed by atoms with E-state index in [0.29, 0.717) is 21.5 Å². The molecule has 6 nitrogen and oxygen atoms in total. The minimum absolute atomic E-state index is 0.00392. The third-order valence-corrected chi connectivity index (χ3v) is 3.92. The molecule has 0 aromatic heterocycles.